The quantitative estimate of drug-likeness (QED) is 0.613. The lowest BCUT2D eigenvalue weighted by Crippen LogP contribution is -2.18. The monoisotopic (exact) mass is 340 g/mol. The maximum Gasteiger partial charge on any atom is 0.146 e. The van der Waals surface area contributed by atoms with Gasteiger partial charge in [0.15, 0.2) is 0 Å². The van der Waals surface area contributed by atoms with Crippen LogP contribution in [-0.2, 0) is 16.8 Å². The molecule has 0 fully saturated rings. The third-order valence-electron chi connectivity index (χ3n) is 1.83. The Morgan fingerprint density at radius 3 is 2.40 bits per heavy atom. The van der Waals surface area contributed by atoms with Crippen LogP contribution >= 0.6 is 34.2 Å². The van der Waals surface area contributed by atoms with Gasteiger partial charge >= 0.3 is 0 Å². The van der Waals surface area contributed by atoms with Gasteiger partial charge in [0, 0.05) is 12.5 Å². The Kier molecular flexibility index (Phi) is 4.31. The lowest BCUT2D eigenvalue weighted by molar-refractivity contribution is 0.180. The maximum atomic E-state index is 6.05. The van der Waals surface area contributed by atoms with Crippen molar-refractivity contribution in [3.63, 3.8) is 0 Å². The van der Waals surface area contributed by atoms with Gasteiger partial charge in [-0.2, -0.15) is 0 Å². The topological polar surface area (TPSA) is 35.0 Å². The van der Waals surface area contributed by atoms with E-state index < -0.39 is 0 Å². The van der Waals surface area contributed by atoms with Crippen LogP contribution in [0.25, 0.3) is 0 Å². The van der Waals surface area contributed by atoms with E-state index in [4.69, 9.17) is 16.3 Å². The molecule has 84 valence electrons. The van der Waals surface area contributed by atoms with Gasteiger partial charge < -0.3 is 4.74 Å². The molecular formula is C10H14ClIN2O. The van der Waals surface area contributed by atoms with Crippen LogP contribution in [0, 0.1) is 3.57 Å². The van der Waals surface area contributed by atoms with E-state index in [0.29, 0.717) is 11.8 Å². The molecule has 0 spiro atoms. The van der Waals surface area contributed by atoms with Gasteiger partial charge in [-0.1, -0.05) is 32.4 Å². The van der Waals surface area contributed by atoms with Crippen molar-refractivity contribution < 1.29 is 4.74 Å². The largest absolute Gasteiger partial charge is 0.378 e. The number of hydrogen-bond donors (Lipinski definition) is 0. The second-order valence-corrected chi connectivity index (χ2v) is 5.72. The Labute approximate surface area is 109 Å². The zero-order chi connectivity index (χ0) is 11.6. The summed E-state index contributed by atoms with van der Waals surface area (Å²) >= 11 is 8.18. The highest BCUT2D eigenvalue weighted by Gasteiger charge is 2.20. The minimum atomic E-state index is -0.101. The molecule has 0 N–H and O–H groups in total. The number of ether oxygens (including phenoxy) is 1. The first kappa shape index (κ1) is 13.1. The van der Waals surface area contributed by atoms with Crippen LogP contribution in [0.5, 0.6) is 0 Å². The van der Waals surface area contributed by atoms with Crippen molar-refractivity contribution in [2.45, 2.75) is 32.8 Å². The predicted molar refractivity (Wildman–Crippen MR) is 69.2 cm³/mol. The van der Waals surface area contributed by atoms with Gasteiger partial charge in [-0.3, -0.25) is 0 Å². The minimum absolute atomic E-state index is 0.101. The second kappa shape index (κ2) is 4.93. The molecule has 0 aliphatic heterocycles. The van der Waals surface area contributed by atoms with Gasteiger partial charge in [-0.05, 0) is 22.6 Å². The first-order valence-electron chi connectivity index (χ1n) is 4.57. The summed E-state index contributed by atoms with van der Waals surface area (Å²) in [4.78, 5) is 8.74. The molecular weight excluding hydrogens is 326 g/mol. The Hall–Kier alpha value is 0.0600. The molecule has 5 heteroatoms. The number of halogens is 2. The normalized spacial score (nSPS) is 11.9. The van der Waals surface area contributed by atoms with Crippen LogP contribution < -0.4 is 0 Å². The molecule has 0 aromatic carbocycles. The summed E-state index contributed by atoms with van der Waals surface area (Å²) in [6.45, 7) is 6.63. The Balaban J connectivity index is 3.23. The highest BCUT2D eigenvalue weighted by molar-refractivity contribution is 14.1. The molecule has 1 heterocycles. The number of rotatable bonds is 2. The van der Waals surface area contributed by atoms with Crippen LogP contribution in [0.15, 0.2) is 0 Å². The van der Waals surface area contributed by atoms with Crippen molar-refractivity contribution in [3.8, 4) is 0 Å². The van der Waals surface area contributed by atoms with Gasteiger partial charge in [0.25, 0.3) is 0 Å². The highest BCUT2D eigenvalue weighted by Crippen LogP contribution is 2.25. The average molecular weight is 341 g/mol. The third-order valence-corrected chi connectivity index (χ3v) is 3.56. The lowest BCUT2D eigenvalue weighted by atomic mass is 9.96. The van der Waals surface area contributed by atoms with Crippen LogP contribution in [0.2, 0.25) is 5.15 Å². The van der Waals surface area contributed by atoms with Crippen LogP contribution in [-0.4, -0.2) is 17.1 Å². The molecule has 0 atom stereocenters. The molecule has 0 bridgehead atoms. The number of hydrogen-bond acceptors (Lipinski definition) is 3. The average Bonchev–Trinajstić information content (AvgIpc) is 2.11. The van der Waals surface area contributed by atoms with Gasteiger partial charge in [0.1, 0.15) is 11.0 Å². The molecule has 0 unspecified atom stereocenters. The first-order valence-corrected chi connectivity index (χ1v) is 6.03. The fourth-order valence-electron chi connectivity index (χ4n) is 1.03. The van der Waals surface area contributed by atoms with E-state index in [1.807, 2.05) is 0 Å². The predicted octanol–water partition coefficient (Wildman–Crippen LogP) is 3.18. The van der Waals surface area contributed by atoms with Crippen molar-refractivity contribution in [1.82, 2.24) is 9.97 Å². The van der Waals surface area contributed by atoms with Gasteiger partial charge in [0.05, 0.1) is 15.9 Å². The van der Waals surface area contributed by atoms with Crippen molar-refractivity contribution in [2.75, 3.05) is 7.11 Å². The highest BCUT2D eigenvalue weighted by atomic mass is 127. The molecule has 0 saturated carbocycles. The van der Waals surface area contributed by atoms with E-state index in [1.165, 1.54) is 0 Å². The molecule has 0 radical (unpaired) electrons. The summed E-state index contributed by atoms with van der Waals surface area (Å²) in [7, 11) is 1.64. The summed E-state index contributed by atoms with van der Waals surface area (Å²) in [5.41, 5.74) is 0.749. The van der Waals surface area contributed by atoms with Crippen LogP contribution in [0.3, 0.4) is 0 Å². The molecule has 15 heavy (non-hydrogen) atoms. The summed E-state index contributed by atoms with van der Waals surface area (Å²) in [5, 5.41) is 0.502. The van der Waals surface area contributed by atoms with E-state index in [-0.39, 0.29) is 5.41 Å². The van der Waals surface area contributed by atoms with Crippen molar-refractivity contribution in [3.05, 3.63) is 20.2 Å². The zero-order valence-electron chi connectivity index (χ0n) is 9.27. The van der Waals surface area contributed by atoms with Gasteiger partial charge in [0.2, 0.25) is 0 Å². The molecule has 1 aromatic heterocycles. The Morgan fingerprint density at radius 1 is 1.33 bits per heavy atom. The standard InChI is InChI=1S/C10H14ClIN2O/c1-10(2,3)9-13-6(5-15-4)7(12)8(11)14-9/h5H2,1-4H3. The number of aromatic nitrogens is 2. The molecule has 0 aliphatic rings. The summed E-state index contributed by atoms with van der Waals surface area (Å²) in [6.07, 6.45) is 0. The van der Waals surface area contributed by atoms with E-state index in [0.717, 1.165) is 15.1 Å². The molecule has 3 nitrogen and oxygen atoms in total. The summed E-state index contributed by atoms with van der Waals surface area (Å²) in [6, 6.07) is 0. The van der Waals surface area contributed by atoms with E-state index in [2.05, 4.69) is 53.3 Å². The molecule has 0 aliphatic carbocycles. The fourth-order valence-corrected chi connectivity index (χ4v) is 1.62. The zero-order valence-corrected chi connectivity index (χ0v) is 12.2. The SMILES string of the molecule is COCc1nc(C(C)(C)C)nc(Cl)c1I. The maximum absolute atomic E-state index is 6.05. The van der Waals surface area contributed by atoms with Crippen LogP contribution in [0.1, 0.15) is 32.3 Å². The van der Waals surface area contributed by atoms with Crippen molar-refractivity contribution in [2.24, 2.45) is 0 Å². The lowest BCUT2D eigenvalue weighted by Gasteiger charge is -2.18. The van der Waals surface area contributed by atoms with Crippen LogP contribution in [0.4, 0.5) is 0 Å². The number of nitrogens with zero attached hydrogens (tertiary/aromatic N) is 2. The van der Waals surface area contributed by atoms with E-state index >= 15 is 0 Å². The van der Waals surface area contributed by atoms with Gasteiger partial charge in [-0.15, -0.1) is 0 Å². The fraction of sp³-hybridized carbons (Fsp3) is 0.600. The first-order chi connectivity index (χ1) is 6.86. The van der Waals surface area contributed by atoms with Crippen molar-refractivity contribution in [1.29, 1.82) is 0 Å². The molecule has 1 rings (SSSR count). The molecule has 0 saturated heterocycles. The molecule has 1 aromatic rings. The van der Waals surface area contributed by atoms with Crippen molar-refractivity contribution >= 4 is 34.2 Å². The third kappa shape index (κ3) is 3.26. The minimum Gasteiger partial charge on any atom is -0.378 e. The van der Waals surface area contributed by atoms with Gasteiger partial charge in [-0.25, -0.2) is 9.97 Å². The van der Waals surface area contributed by atoms with E-state index in [9.17, 15) is 0 Å². The second-order valence-electron chi connectivity index (χ2n) is 4.28. The Morgan fingerprint density at radius 2 is 1.93 bits per heavy atom. The molecule has 0 amide bonds. The Bertz CT molecular complexity index is 363. The summed E-state index contributed by atoms with van der Waals surface area (Å²) < 4.78 is 5.94. The smallest absolute Gasteiger partial charge is 0.146 e. The summed E-state index contributed by atoms with van der Waals surface area (Å²) in [5.74, 6) is 0.750. The number of methoxy groups -OCH3 is 1. The van der Waals surface area contributed by atoms with E-state index in [1.54, 1.807) is 7.11 Å².